The van der Waals surface area contributed by atoms with E-state index in [9.17, 15) is 9.13 Å². The Labute approximate surface area is 113 Å². The smallest absolute Gasteiger partial charge is 0.146 e. The first-order valence-electron chi connectivity index (χ1n) is 6.85. The van der Waals surface area contributed by atoms with Crippen molar-refractivity contribution < 1.29 is 18.2 Å². The molecular weight excluding hydrogens is 270 g/mol. The number of hydrogen-bond acceptors (Lipinski definition) is 4. The highest BCUT2D eigenvalue weighted by Crippen LogP contribution is 2.25. The van der Waals surface area contributed by atoms with E-state index >= 15 is 0 Å². The summed E-state index contributed by atoms with van der Waals surface area (Å²) in [5.74, 6) is 0. The molecule has 0 aromatic carbocycles. The van der Waals surface area contributed by atoms with Gasteiger partial charge in [0.25, 0.3) is 0 Å². The molecule has 18 heavy (non-hydrogen) atoms. The van der Waals surface area contributed by atoms with Crippen LogP contribution in [0.3, 0.4) is 0 Å². The Morgan fingerprint density at radius 1 is 0.722 bits per heavy atom. The van der Waals surface area contributed by atoms with Crippen molar-refractivity contribution in [1.29, 1.82) is 0 Å². The maximum absolute atomic E-state index is 11.3. The Hall–Kier alpha value is 0.120. The first-order valence-corrected chi connectivity index (χ1v) is 9.58. The Morgan fingerprint density at radius 2 is 1.11 bits per heavy atom. The molecular formula is C12H26O4P2+2. The number of unbranched alkanes of at least 4 members (excludes halogenated alkanes) is 3. The van der Waals surface area contributed by atoms with Crippen molar-refractivity contribution in [3.8, 4) is 0 Å². The van der Waals surface area contributed by atoms with Crippen LogP contribution in [0.25, 0.3) is 0 Å². The van der Waals surface area contributed by atoms with Gasteiger partial charge in [-0.05, 0) is 34.8 Å². The maximum Gasteiger partial charge on any atom is 0.508 e. The summed E-state index contributed by atoms with van der Waals surface area (Å²) in [5.41, 5.74) is 0. The summed E-state index contributed by atoms with van der Waals surface area (Å²) in [6.45, 7) is 5.16. The van der Waals surface area contributed by atoms with Gasteiger partial charge in [0.05, 0.1) is 0 Å². The van der Waals surface area contributed by atoms with E-state index in [1.54, 1.807) is 0 Å². The highest BCUT2D eigenvalue weighted by Gasteiger charge is 2.17. The first kappa shape index (κ1) is 18.1. The third-order valence-corrected chi connectivity index (χ3v) is 4.70. The second-order valence-corrected chi connectivity index (χ2v) is 6.94. The van der Waals surface area contributed by atoms with Crippen LogP contribution >= 0.6 is 16.1 Å². The van der Waals surface area contributed by atoms with E-state index < -0.39 is 16.1 Å². The van der Waals surface area contributed by atoms with Gasteiger partial charge in [0.2, 0.25) is 0 Å². The minimum Gasteiger partial charge on any atom is -0.146 e. The third kappa shape index (κ3) is 12.6. The summed E-state index contributed by atoms with van der Waals surface area (Å²) < 4.78 is 33.0. The molecule has 0 fully saturated rings. The molecule has 0 rings (SSSR count). The predicted molar refractivity (Wildman–Crippen MR) is 75.9 cm³/mol. The fourth-order valence-electron chi connectivity index (χ4n) is 1.24. The summed E-state index contributed by atoms with van der Waals surface area (Å²) in [6, 6.07) is 0. The van der Waals surface area contributed by atoms with Crippen molar-refractivity contribution in [2.24, 2.45) is 0 Å². The fourth-order valence-corrected chi connectivity index (χ4v) is 3.31. The summed E-state index contributed by atoms with van der Waals surface area (Å²) in [7, 11) is -2.95. The van der Waals surface area contributed by atoms with Gasteiger partial charge in [-0.1, -0.05) is 26.7 Å². The van der Waals surface area contributed by atoms with Crippen LogP contribution in [-0.2, 0) is 18.2 Å². The van der Waals surface area contributed by atoms with Gasteiger partial charge in [-0.15, -0.1) is 9.05 Å². The van der Waals surface area contributed by atoms with Crippen LogP contribution in [0.15, 0.2) is 0 Å². The number of hydrogen-bond donors (Lipinski definition) is 0. The molecule has 6 heteroatoms. The van der Waals surface area contributed by atoms with Gasteiger partial charge in [0.1, 0.15) is 13.2 Å². The molecule has 0 heterocycles. The third-order valence-electron chi connectivity index (χ3n) is 2.40. The van der Waals surface area contributed by atoms with Gasteiger partial charge < -0.3 is 0 Å². The van der Waals surface area contributed by atoms with Crippen LogP contribution in [0, 0.1) is 0 Å². The van der Waals surface area contributed by atoms with E-state index in [-0.39, 0.29) is 0 Å². The van der Waals surface area contributed by atoms with Crippen LogP contribution in [0.5, 0.6) is 0 Å². The molecule has 0 aliphatic carbocycles. The summed E-state index contributed by atoms with van der Waals surface area (Å²) in [6.07, 6.45) is 6.93. The van der Waals surface area contributed by atoms with E-state index in [1.807, 2.05) is 0 Å². The zero-order valence-corrected chi connectivity index (χ0v) is 13.4. The fraction of sp³-hybridized carbons (Fsp3) is 1.00. The van der Waals surface area contributed by atoms with Gasteiger partial charge in [-0.3, -0.25) is 0 Å². The highest BCUT2D eigenvalue weighted by atomic mass is 31.1. The lowest BCUT2D eigenvalue weighted by molar-refractivity contribution is 0.278. The lowest BCUT2D eigenvalue weighted by Gasteiger charge is -1.93. The molecule has 0 aromatic heterocycles. The molecule has 0 N–H and O–H groups in total. The molecule has 2 unspecified atom stereocenters. The lowest BCUT2D eigenvalue weighted by Crippen LogP contribution is -1.94. The van der Waals surface area contributed by atoms with Gasteiger partial charge in [-0.2, -0.15) is 0 Å². The molecule has 106 valence electrons. The molecule has 0 aliphatic rings. The summed E-state index contributed by atoms with van der Waals surface area (Å²) in [4.78, 5) is 0. The average molecular weight is 296 g/mol. The zero-order valence-electron chi connectivity index (χ0n) is 11.6. The SMILES string of the molecule is CCCC[P+](=O)OCCCCO[P+](=O)CCCC. The van der Waals surface area contributed by atoms with Gasteiger partial charge in [-0.25, -0.2) is 0 Å². The standard InChI is InChI=1S/C12H26O4P2/c1-3-5-11-17(13)15-9-7-8-10-16-18(14)12-6-4-2/h3-12H2,1-2H3/q+2. The zero-order chi connectivity index (χ0) is 13.6. The van der Waals surface area contributed by atoms with Crippen molar-refractivity contribution in [1.82, 2.24) is 0 Å². The van der Waals surface area contributed by atoms with E-state index in [0.29, 0.717) is 25.5 Å². The topological polar surface area (TPSA) is 52.6 Å². The van der Waals surface area contributed by atoms with Crippen molar-refractivity contribution >= 4 is 16.1 Å². The molecule has 4 nitrogen and oxygen atoms in total. The highest BCUT2D eigenvalue weighted by molar-refractivity contribution is 7.39. The lowest BCUT2D eigenvalue weighted by atomic mass is 10.3. The van der Waals surface area contributed by atoms with Crippen LogP contribution in [0.2, 0.25) is 0 Å². The number of rotatable bonds is 13. The van der Waals surface area contributed by atoms with E-state index in [4.69, 9.17) is 9.05 Å². The Bertz CT molecular complexity index is 210. The molecule has 0 aliphatic heterocycles. The van der Waals surface area contributed by atoms with Crippen molar-refractivity contribution in [2.75, 3.05) is 25.5 Å². The molecule has 0 amide bonds. The van der Waals surface area contributed by atoms with E-state index in [0.717, 1.165) is 38.5 Å². The molecule has 0 saturated heterocycles. The Kier molecular flexibility index (Phi) is 13.6. The van der Waals surface area contributed by atoms with Gasteiger partial charge >= 0.3 is 16.1 Å². The van der Waals surface area contributed by atoms with Crippen LogP contribution in [-0.4, -0.2) is 25.5 Å². The second kappa shape index (κ2) is 13.5. The van der Waals surface area contributed by atoms with E-state index in [2.05, 4.69) is 13.8 Å². The monoisotopic (exact) mass is 296 g/mol. The molecule has 0 spiro atoms. The van der Waals surface area contributed by atoms with Crippen molar-refractivity contribution in [3.63, 3.8) is 0 Å². The van der Waals surface area contributed by atoms with Gasteiger partial charge in [0, 0.05) is 0 Å². The molecule has 0 bridgehead atoms. The maximum atomic E-state index is 11.3. The van der Waals surface area contributed by atoms with Crippen LogP contribution in [0.1, 0.15) is 52.4 Å². The van der Waals surface area contributed by atoms with Gasteiger partial charge in [0.15, 0.2) is 12.3 Å². The minimum absolute atomic E-state index is 0.508. The van der Waals surface area contributed by atoms with Crippen LogP contribution in [0.4, 0.5) is 0 Å². The normalized spacial score (nSPS) is 12.6. The largest absolute Gasteiger partial charge is 0.508 e. The van der Waals surface area contributed by atoms with Crippen molar-refractivity contribution in [2.45, 2.75) is 52.4 Å². The second-order valence-electron chi connectivity index (χ2n) is 4.19. The Balaban J connectivity index is 3.25. The molecule has 2 atom stereocenters. The molecule has 0 radical (unpaired) electrons. The Morgan fingerprint density at radius 3 is 1.44 bits per heavy atom. The van der Waals surface area contributed by atoms with Crippen LogP contribution < -0.4 is 0 Å². The summed E-state index contributed by atoms with van der Waals surface area (Å²) in [5, 5.41) is 0. The minimum atomic E-state index is -1.48. The first-order chi connectivity index (χ1) is 8.70. The predicted octanol–water partition coefficient (Wildman–Crippen LogP) is 4.88. The average Bonchev–Trinajstić information content (AvgIpc) is 2.37. The quantitative estimate of drug-likeness (QED) is 0.359. The van der Waals surface area contributed by atoms with E-state index in [1.165, 1.54) is 0 Å². The summed E-state index contributed by atoms with van der Waals surface area (Å²) >= 11 is 0. The molecule has 0 aromatic rings. The van der Waals surface area contributed by atoms with Crippen molar-refractivity contribution in [3.05, 3.63) is 0 Å². The molecule has 0 saturated carbocycles.